The molecule has 1 heterocycles. The number of ether oxygens (including phenoxy) is 4. The summed E-state index contributed by atoms with van der Waals surface area (Å²) in [5.41, 5.74) is 2.06. The molecule has 9 heteroatoms. The molecule has 0 radical (unpaired) electrons. The van der Waals surface area contributed by atoms with Crippen molar-refractivity contribution >= 4 is 16.9 Å². The summed E-state index contributed by atoms with van der Waals surface area (Å²) < 4.78 is 27.9. The van der Waals surface area contributed by atoms with Crippen molar-refractivity contribution in [2.45, 2.75) is 39.2 Å². The van der Waals surface area contributed by atoms with Crippen molar-refractivity contribution in [1.29, 1.82) is 0 Å². The maximum atomic E-state index is 13.0. The minimum absolute atomic E-state index is 0.0726. The van der Waals surface area contributed by atoms with Crippen LogP contribution in [-0.2, 0) is 11.3 Å². The second-order valence-corrected chi connectivity index (χ2v) is 10.4. The fraction of sp³-hybridized carbons (Fsp3) is 0.371. The van der Waals surface area contributed by atoms with E-state index in [2.05, 4.69) is 41.4 Å². The zero-order valence-electron chi connectivity index (χ0n) is 26.0. The smallest absolute Gasteiger partial charge is 0.257 e. The van der Waals surface area contributed by atoms with Crippen LogP contribution in [0.4, 0.5) is 0 Å². The van der Waals surface area contributed by atoms with Gasteiger partial charge in [-0.05, 0) is 55.8 Å². The maximum absolute atomic E-state index is 13.0. The number of fused-ring (bicyclic) bond motifs is 1. The first-order chi connectivity index (χ1) is 21.5. The van der Waals surface area contributed by atoms with E-state index in [1.165, 1.54) is 33.0 Å². The molecule has 4 aromatic rings. The van der Waals surface area contributed by atoms with E-state index in [1.54, 1.807) is 30.3 Å². The number of carbonyl (C=O) groups excluding carboxylic acids is 1. The van der Waals surface area contributed by atoms with Gasteiger partial charge in [-0.15, -0.1) is 0 Å². The van der Waals surface area contributed by atoms with Gasteiger partial charge in [0, 0.05) is 30.8 Å². The van der Waals surface area contributed by atoms with Gasteiger partial charge in [-0.1, -0.05) is 50.1 Å². The Balaban J connectivity index is 1.20. The summed E-state index contributed by atoms with van der Waals surface area (Å²) in [6.45, 7) is 5.86. The molecule has 0 atom stereocenters. The third-order valence-electron chi connectivity index (χ3n) is 7.45. The minimum atomic E-state index is -0.276. The van der Waals surface area contributed by atoms with E-state index in [0.29, 0.717) is 40.7 Å². The van der Waals surface area contributed by atoms with Gasteiger partial charge in [-0.2, -0.15) is 0 Å². The van der Waals surface area contributed by atoms with Crippen LogP contribution in [0.3, 0.4) is 0 Å². The quantitative estimate of drug-likeness (QED) is 0.146. The number of hydrogen-bond donors (Lipinski definition) is 1. The van der Waals surface area contributed by atoms with E-state index < -0.39 is 0 Å². The van der Waals surface area contributed by atoms with Gasteiger partial charge in [0.05, 0.1) is 21.3 Å². The number of benzene rings is 3. The highest BCUT2D eigenvalue weighted by atomic mass is 16.5. The number of unbranched alkanes of at least 4 members (excludes halogenated alkanes) is 3. The molecule has 0 bridgehead atoms. The Bertz CT molecular complexity index is 1550. The summed E-state index contributed by atoms with van der Waals surface area (Å²) in [5.74, 6) is 1.71. The van der Waals surface area contributed by atoms with Gasteiger partial charge >= 0.3 is 0 Å². The average molecular weight is 603 g/mol. The molecule has 0 saturated carbocycles. The van der Waals surface area contributed by atoms with Gasteiger partial charge in [0.1, 0.15) is 22.5 Å². The van der Waals surface area contributed by atoms with Crippen LogP contribution in [0.5, 0.6) is 23.0 Å². The Morgan fingerprint density at radius 1 is 0.864 bits per heavy atom. The molecule has 0 fully saturated rings. The zero-order chi connectivity index (χ0) is 31.3. The topological polar surface area (TPSA) is 99.5 Å². The molecule has 9 nitrogen and oxygen atoms in total. The molecular weight excluding hydrogens is 560 g/mol. The third-order valence-corrected chi connectivity index (χ3v) is 7.45. The van der Waals surface area contributed by atoms with Crippen LogP contribution in [0.1, 0.15) is 38.2 Å². The van der Waals surface area contributed by atoms with Crippen molar-refractivity contribution in [2.75, 3.05) is 47.6 Å². The maximum Gasteiger partial charge on any atom is 0.257 e. The van der Waals surface area contributed by atoms with Crippen LogP contribution in [0, 0.1) is 0 Å². The molecule has 3 aromatic carbocycles. The van der Waals surface area contributed by atoms with E-state index >= 15 is 0 Å². The van der Waals surface area contributed by atoms with Crippen molar-refractivity contribution in [2.24, 2.45) is 0 Å². The standard InChI is InChI=1S/C35H42N2O7/c1-5-37(23-25-13-9-8-10-14-25)20-12-7-6-11-19-36-32(39)24-43-27-17-15-26(16-18-27)29-21-28(38)33-30(44-29)22-31(40-2)34(41-3)35(33)42-4/h8-10,13-18,21-22H,5-7,11-12,19-20,23-24H2,1-4H3,(H,36,39). The number of carbonyl (C=O) groups is 1. The van der Waals surface area contributed by atoms with E-state index in [1.807, 2.05) is 6.07 Å². The minimum Gasteiger partial charge on any atom is -0.493 e. The molecule has 1 amide bonds. The number of hydrogen-bond acceptors (Lipinski definition) is 8. The van der Waals surface area contributed by atoms with Crippen LogP contribution in [0.25, 0.3) is 22.3 Å². The predicted molar refractivity (Wildman–Crippen MR) is 172 cm³/mol. The van der Waals surface area contributed by atoms with Gasteiger partial charge in [0.15, 0.2) is 23.5 Å². The normalized spacial score (nSPS) is 11.0. The van der Waals surface area contributed by atoms with Gasteiger partial charge in [0.25, 0.3) is 5.91 Å². The second kappa shape index (κ2) is 16.4. The summed E-state index contributed by atoms with van der Waals surface area (Å²) in [4.78, 5) is 27.8. The molecule has 0 unspecified atom stereocenters. The van der Waals surface area contributed by atoms with Crippen LogP contribution >= 0.6 is 0 Å². The number of methoxy groups -OCH3 is 3. The highest BCUT2D eigenvalue weighted by Crippen LogP contribution is 2.42. The molecule has 0 aliphatic carbocycles. The monoisotopic (exact) mass is 602 g/mol. The molecule has 1 N–H and O–H groups in total. The Morgan fingerprint density at radius 3 is 2.27 bits per heavy atom. The van der Waals surface area contributed by atoms with Crippen molar-refractivity contribution < 1.29 is 28.2 Å². The summed E-state index contributed by atoms with van der Waals surface area (Å²) in [7, 11) is 4.44. The second-order valence-electron chi connectivity index (χ2n) is 10.4. The van der Waals surface area contributed by atoms with E-state index in [0.717, 1.165) is 45.3 Å². The average Bonchev–Trinajstić information content (AvgIpc) is 3.05. The number of nitrogens with one attached hydrogen (secondary N) is 1. The Morgan fingerprint density at radius 2 is 1.59 bits per heavy atom. The van der Waals surface area contributed by atoms with Crippen LogP contribution in [0.15, 0.2) is 75.9 Å². The number of rotatable bonds is 17. The SMILES string of the molecule is CCN(CCCCCCNC(=O)COc1ccc(-c2cc(=O)c3c(OC)c(OC)c(OC)cc3o2)cc1)Cc1ccccc1. The Labute approximate surface area is 258 Å². The largest absolute Gasteiger partial charge is 0.493 e. The molecule has 0 spiro atoms. The van der Waals surface area contributed by atoms with Crippen molar-refractivity contribution in [1.82, 2.24) is 10.2 Å². The molecule has 1 aromatic heterocycles. The van der Waals surface area contributed by atoms with Gasteiger partial charge in [-0.3, -0.25) is 14.5 Å². The molecule has 234 valence electrons. The van der Waals surface area contributed by atoms with Crippen LogP contribution in [-0.4, -0.2) is 58.4 Å². The fourth-order valence-electron chi connectivity index (χ4n) is 5.08. The fourth-order valence-corrected chi connectivity index (χ4v) is 5.08. The third kappa shape index (κ3) is 8.54. The molecule has 0 aliphatic rings. The van der Waals surface area contributed by atoms with Gasteiger partial charge in [0.2, 0.25) is 5.75 Å². The van der Waals surface area contributed by atoms with Gasteiger partial charge < -0.3 is 28.7 Å². The zero-order valence-corrected chi connectivity index (χ0v) is 26.0. The van der Waals surface area contributed by atoms with Crippen molar-refractivity contribution in [3.05, 3.63) is 82.5 Å². The molecular formula is C35H42N2O7. The summed E-state index contributed by atoms with van der Waals surface area (Å²) in [5, 5.41) is 3.20. The Kier molecular flexibility index (Phi) is 12.1. The first-order valence-corrected chi connectivity index (χ1v) is 15.0. The molecule has 4 rings (SSSR count). The number of amides is 1. The van der Waals surface area contributed by atoms with E-state index in [-0.39, 0.29) is 29.1 Å². The first kappa shape index (κ1) is 32.4. The molecule has 0 saturated heterocycles. The predicted octanol–water partition coefficient (Wildman–Crippen LogP) is 6.06. The van der Waals surface area contributed by atoms with Crippen LogP contribution in [0.2, 0.25) is 0 Å². The lowest BCUT2D eigenvalue weighted by Crippen LogP contribution is -2.29. The Hall–Kier alpha value is -4.50. The molecule has 0 aliphatic heterocycles. The van der Waals surface area contributed by atoms with Gasteiger partial charge in [-0.25, -0.2) is 0 Å². The van der Waals surface area contributed by atoms with Crippen molar-refractivity contribution in [3.63, 3.8) is 0 Å². The summed E-state index contributed by atoms with van der Waals surface area (Å²) in [6.07, 6.45) is 4.29. The van der Waals surface area contributed by atoms with E-state index in [9.17, 15) is 9.59 Å². The first-order valence-electron chi connectivity index (χ1n) is 15.0. The lowest BCUT2D eigenvalue weighted by molar-refractivity contribution is -0.123. The van der Waals surface area contributed by atoms with E-state index in [4.69, 9.17) is 23.4 Å². The lowest BCUT2D eigenvalue weighted by Gasteiger charge is -2.20. The summed E-state index contributed by atoms with van der Waals surface area (Å²) in [6, 6.07) is 20.6. The highest BCUT2D eigenvalue weighted by Gasteiger charge is 2.20. The molecule has 44 heavy (non-hydrogen) atoms. The number of nitrogens with zero attached hydrogens (tertiary/aromatic N) is 1. The summed E-state index contributed by atoms with van der Waals surface area (Å²) >= 11 is 0. The highest BCUT2D eigenvalue weighted by molar-refractivity contribution is 5.90. The lowest BCUT2D eigenvalue weighted by atomic mass is 10.1. The van der Waals surface area contributed by atoms with Crippen molar-refractivity contribution in [3.8, 4) is 34.3 Å². The van der Waals surface area contributed by atoms with Crippen LogP contribution < -0.4 is 29.7 Å².